The van der Waals surface area contributed by atoms with Gasteiger partial charge in [0.1, 0.15) is 11.4 Å². The van der Waals surface area contributed by atoms with Crippen LogP contribution < -0.4 is 0 Å². The average molecular weight is 154 g/mol. The van der Waals surface area contributed by atoms with Crippen LogP contribution in [0.3, 0.4) is 0 Å². The van der Waals surface area contributed by atoms with Gasteiger partial charge in [0.15, 0.2) is 0 Å². The minimum Gasteiger partial charge on any atom is -0.466 e. The fraction of sp³-hybridized carbons (Fsp3) is 0.556. The molecule has 0 bridgehead atoms. The topological polar surface area (TPSA) is 33.4 Å². The summed E-state index contributed by atoms with van der Waals surface area (Å²) in [6.07, 6.45) is 1.58. The van der Waals surface area contributed by atoms with E-state index in [1.165, 1.54) is 0 Å². The lowest BCUT2D eigenvalue weighted by molar-refractivity contribution is -0.0111. The maximum absolute atomic E-state index is 9.86. The second kappa shape index (κ2) is 2.70. The Bertz CT molecular complexity index is 209. The highest BCUT2D eigenvalue weighted by Gasteiger charge is 2.29. The third kappa shape index (κ3) is 1.46. The molecular weight excluding hydrogens is 140 g/mol. The molecule has 1 rings (SSSR count). The van der Waals surface area contributed by atoms with E-state index in [0.29, 0.717) is 5.76 Å². The molecule has 0 spiro atoms. The zero-order chi connectivity index (χ0) is 8.48. The summed E-state index contributed by atoms with van der Waals surface area (Å²) in [5, 5.41) is 9.86. The summed E-state index contributed by atoms with van der Waals surface area (Å²) in [6, 6.07) is 3.58. The van der Waals surface area contributed by atoms with E-state index in [-0.39, 0.29) is 5.92 Å². The third-order valence-corrected chi connectivity index (χ3v) is 2.14. The van der Waals surface area contributed by atoms with Gasteiger partial charge in [0.25, 0.3) is 0 Å². The summed E-state index contributed by atoms with van der Waals surface area (Å²) in [5.41, 5.74) is -0.844. The fourth-order valence-corrected chi connectivity index (χ4v) is 0.851. The van der Waals surface area contributed by atoms with E-state index in [2.05, 4.69) is 0 Å². The Balaban J connectivity index is 2.90. The molecule has 0 aliphatic carbocycles. The van der Waals surface area contributed by atoms with Crippen molar-refractivity contribution in [1.29, 1.82) is 0 Å². The highest BCUT2D eigenvalue weighted by molar-refractivity contribution is 5.08. The molecule has 0 fully saturated rings. The van der Waals surface area contributed by atoms with Gasteiger partial charge in [0, 0.05) is 0 Å². The van der Waals surface area contributed by atoms with Crippen molar-refractivity contribution in [3.63, 3.8) is 0 Å². The Morgan fingerprint density at radius 2 is 2.18 bits per heavy atom. The van der Waals surface area contributed by atoms with Gasteiger partial charge in [-0.3, -0.25) is 0 Å². The molecule has 0 amide bonds. The molecule has 11 heavy (non-hydrogen) atoms. The summed E-state index contributed by atoms with van der Waals surface area (Å²) in [4.78, 5) is 0. The van der Waals surface area contributed by atoms with Crippen molar-refractivity contribution in [3.05, 3.63) is 24.2 Å². The molecule has 1 N–H and O–H groups in total. The van der Waals surface area contributed by atoms with Gasteiger partial charge in [-0.25, -0.2) is 0 Å². The molecule has 2 heteroatoms. The fourth-order valence-electron chi connectivity index (χ4n) is 0.851. The van der Waals surface area contributed by atoms with Crippen LogP contribution in [0.1, 0.15) is 26.5 Å². The molecule has 0 aliphatic rings. The molecule has 0 radical (unpaired) electrons. The first kappa shape index (κ1) is 8.34. The summed E-state index contributed by atoms with van der Waals surface area (Å²) >= 11 is 0. The lowest BCUT2D eigenvalue weighted by Gasteiger charge is -2.24. The Kier molecular flexibility index (Phi) is 2.05. The monoisotopic (exact) mass is 154 g/mol. The molecule has 0 aromatic carbocycles. The molecular formula is C9H14O2. The van der Waals surface area contributed by atoms with E-state index in [1.54, 1.807) is 25.3 Å². The summed E-state index contributed by atoms with van der Waals surface area (Å²) in [6.45, 7) is 5.68. The van der Waals surface area contributed by atoms with Gasteiger partial charge in [0.2, 0.25) is 0 Å². The number of aliphatic hydroxyl groups is 1. The lowest BCUT2D eigenvalue weighted by Crippen LogP contribution is -2.27. The molecule has 0 saturated heterocycles. The molecule has 1 aromatic heterocycles. The zero-order valence-corrected chi connectivity index (χ0v) is 7.16. The van der Waals surface area contributed by atoms with E-state index in [0.717, 1.165) is 0 Å². The molecule has 0 unspecified atom stereocenters. The quantitative estimate of drug-likeness (QED) is 0.708. The van der Waals surface area contributed by atoms with Crippen LogP contribution in [0, 0.1) is 5.92 Å². The smallest absolute Gasteiger partial charge is 0.135 e. The van der Waals surface area contributed by atoms with Crippen LogP contribution in [0.2, 0.25) is 0 Å². The summed E-state index contributed by atoms with van der Waals surface area (Å²) in [7, 11) is 0. The normalized spacial score (nSPS) is 16.8. The van der Waals surface area contributed by atoms with Crippen LogP contribution >= 0.6 is 0 Å². The first-order chi connectivity index (χ1) is 5.05. The molecule has 1 heterocycles. The van der Waals surface area contributed by atoms with Crippen molar-refractivity contribution in [2.75, 3.05) is 0 Å². The van der Waals surface area contributed by atoms with E-state index >= 15 is 0 Å². The number of furan rings is 1. The van der Waals surface area contributed by atoms with Crippen LogP contribution in [0.4, 0.5) is 0 Å². The van der Waals surface area contributed by atoms with Gasteiger partial charge in [-0.2, -0.15) is 0 Å². The second-order valence-corrected chi connectivity index (χ2v) is 3.28. The standard InChI is InChI=1S/C9H14O2/c1-7(2)9(3,10)8-5-4-6-11-8/h4-7,10H,1-3H3/t9-/m0/s1. The van der Waals surface area contributed by atoms with E-state index in [1.807, 2.05) is 13.8 Å². The van der Waals surface area contributed by atoms with Crippen molar-refractivity contribution < 1.29 is 9.52 Å². The van der Waals surface area contributed by atoms with Crippen LogP contribution in [0.5, 0.6) is 0 Å². The Morgan fingerprint density at radius 1 is 1.55 bits per heavy atom. The Hall–Kier alpha value is -0.760. The van der Waals surface area contributed by atoms with E-state index in [9.17, 15) is 5.11 Å². The van der Waals surface area contributed by atoms with Gasteiger partial charge >= 0.3 is 0 Å². The minimum atomic E-state index is -0.844. The van der Waals surface area contributed by atoms with E-state index in [4.69, 9.17) is 4.42 Å². The van der Waals surface area contributed by atoms with Crippen molar-refractivity contribution in [1.82, 2.24) is 0 Å². The van der Waals surface area contributed by atoms with Gasteiger partial charge < -0.3 is 9.52 Å². The van der Waals surface area contributed by atoms with Crippen molar-refractivity contribution in [2.24, 2.45) is 5.92 Å². The first-order valence-electron chi connectivity index (χ1n) is 3.81. The van der Waals surface area contributed by atoms with Crippen molar-refractivity contribution in [2.45, 2.75) is 26.4 Å². The van der Waals surface area contributed by atoms with Gasteiger partial charge in [0.05, 0.1) is 6.26 Å². The molecule has 0 aliphatic heterocycles. The molecule has 1 atom stereocenters. The SMILES string of the molecule is CC(C)[C@](C)(O)c1ccco1. The molecule has 62 valence electrons. The predicted molar refractivity (Wildman–Crippen MR) is 43.1 cm³/mol. The molecule has 2 nitrogen and oxygen atoms in total. The maximum Gasteiger partial charge on any atom is 0.135 e. The first-order valence-corrected chi connectivity index (χ1v) is 3.81. The third-order valence-electron chi connectivity index (χ3n) is 2.14. The summed E-state index contributed by atoms with van der Waals surface area (Å²) < 4.78 is 5.11. The highest BCUT2D eigenvalue weighted by atomic mass is 16.4. The summed E-state index contributed by atoms with van der Waals surface area (Å²) in [5.74, 6) is 0.793. The highest BCUT2D eigenvalue weighted by Crippen LogP contribution is 2.28. The zero-order valence-electron chi connectivity index (χ0n) is 7.16. The molecule has 0 saturated carbocycles. The number of hydrogen-bond donors (Lipinski definition) is 1. The maximum atomic E-state index is 9.86. The van der Waals surface area contributed by atoms with Crippen LogP contribution in [0.15, 0.2) is 22.8 Å². The molecule has 1 aromatic rings. The van der Waals surface area contributed by atoms with Gasteiger partial charge in [-0.05, 0) is 25.0 Å². The van der Waals surface area contributed by atoms with Gasteiger partial charge in [-0.1, -0.05) is 13.8 Å². The predicted octanol–water partition coefficient (Wildman–Crippen LogP) is 2.14. The van der Waals surface area contributed by atoms with Crippen molar-refractivity contribution in [3.8, 4) is 0 Å². The van der Waals surface area contributed by atoms with Crippen LogP contribution in [-0.4, -0.2) is 5.11 Å². The number of hydrogen-bond acceptors (Lipinski definition) is 2. The lowest BCUT2D eigenvalue weighted by atomic mass is 9.90. The van der Waals surface area contributed by atoms with E-state index < -0.39 is 5.60 Å². The Labute approximate surface area is 66.8 Å². The Morgan fingerprint density at radius 3 is 2.55 bits per heavy atom. The minimum absolute atomic E-state index is 0.161. The number of rotatable bonds is 2. The van der Waals surface area contributed by atoms with Crippen LogP contribution in [-0.2, 0) is 5.60 Å². The van der Waals surface area contributed by atoms with Gasteiger partial charge in [-0.15, -0.1) is 0 Å². The average Bonchev–Trinajstić information content (AvgIpc) is 2.37. The van der Waals surface area contributed by atoms with Crippen LogP contribution in [0.25, 0.3) is 0 Å². The second-order valence-electron chi connectivity index (χ2n) is 3.28. The van der Waals surface area contributed by atoms with Crippen molar-refractivity contribution >= 4 is 0 Å². The largest absolute Gasteiger partial charge is 0.466 e.